The number of benzene rings is 1. The van der Waals surface area contributed by atoms with Crippen LogP contribution in [0.15, 0.2) is 23.1 Å². The first kappa shape index (κ1) is 14.8. The molecule has 0 aliphatic rings. The van der Waals surface area contributed by atoms with Crippen molar-refractivity contribution in [3.05, 3.63) is 23.8 Å². The van der Waals surface area contributed by atoms with Gasteiger partial charge in [-0.3, -0.25) is 4.79 Å². The van der Waals surface area contributed by atoms with Gasteiger partial charge >= 0.3 is 0 Å². The van der Waals surface area contributed by atoms with Crippen molar-refractivity contribution in [2.45, 2.75) is 18.7 Å². The third-order valence-electron chi connectivity index (χ3n) is 2.34. The van der Waals surface area contributed by atoms with E-state index < -0.39 is 20.9 Å². The summed E-state index contributed by atoms with van der Waals surface area (Å²) < 4.78 is 28.0. The molecular formula is C11H14ClNO4S. The van der Waals surface area contributed by atoms with Gasteiger partial charge in [-0.25, -0.2) is 8.42 Å². The van der Waals surface area contributed by atoms with Gasteiger partial charge < -0.3 is 10.5 Å². The van der Waals surface area contributed by atoms with E-state index in [2.05, 4.69) is 0 Å². The molecule has 18 heavy (non-hydrogen) atoms. The third-order valence-corrected chi connectivity index (χ3v) is 3.68. The molecule has 0 heterocycles. The fraction of sp³-hybridized carbons (Fsp3) is 0.364. The molecule has 0 saturated carbocycles. The summed E-state index contributed by atoms with van der Waals surface area (Å²) in [5.74, 6) is -0.918. The Morgan fingerprint density at radius 3 is 2.61 bits per heavy atom. The molecular weight excluding hydrogens is 278 g/mol. The number of ether oxygens (including phenoxy) is 1. The first-order valence-electron chi connectivity index (χ1n) is 5.19. The van der Waals surface area contributed by atoms with Crippen molar-refractivity contribution in [1.82, 2.24) is 0 Å². The summed E-state index contributed by atoms with van der Waals surface area (Å²) in [6.07, 6.45) is 0. The number of aryl methyl sites for hydroxylation is 1. The first-order chi connectivity index (χ1) is 8.21. The van der Waals surface area contributed by atoms with Gasteiger partial charge in [-0.15, -0.1) is 0 Å². The fourth-order valence-corrected chi connectivity index (χ4v) is 2.28. The van der Waals surface area contributed by atoms with E-state index in [0.717, 1.165) is 5.56 Å². The second-order valence-electron chi connectivity index (χ2n) is 4.00. The second-order valence-corrected chi connectivity index (χ2v) is 6.54. The molecule has 1 unspecified atom stereocenters. The summed E-state index contributed by atoms with van der Waals surface area (Å²) in [7, 11) is 1.42. The third kappa shape index (κ3) is 3.89. The lowest BCUT2D eigenvalue weighted by atomic mass is 10.2. The molecule has 1 aromatic rings. The quantitative estimate of drug-likeness (QED) is 0.831. The molecule has 1 atom stereocenters. The molecule has 0 spiro atoms. The average Bonchev–Trinajstić information content (AvgIpc) is 2.25. The van der Waals surface area contributed by atoms with E-state index in [-0.39, 0.29) is 17.3 Å². The van der Waals surface area contributed by atoms with Crippen LogP contribution in [0.5, 0.6) is 5.75 Å². The number of hydrogen-bond acceptors (Lipinski definition) is 4. The largest absolute Gasteiger partial charge is 0.491 e. The van der Waals surface area contributed by atoms with E-state index in [1.54, 1.807) is 19.9 Å². The molecule has 1 amide bonds. The van der Waals surface area contributed by atoms with Gasteiger partial charge in [0.15, 0.2) is 0 Å². The van der Waals surface area contributed by atoms with E-state index in [1.807, 2.05) is 0 Å². The number of nitrogens with two attached hydrogens (primary N) is 1. The zero-order chi connectivity index (χ0) is 13.9. The topological polar surface area (TPSA) is 86.5 Å². The van der Waals surface area contributed by atoms with E-state index in [1.165, 1.54) is 12.1 Å². The van der Waals surface area contributed by atoms with Crippen LogP contribution in [-0.4, -0.2) is 20.9 Å². The van der Waals surface area contributed by atoms with Crippen LogP contribution >= 0.6 is 10.7 Å². The second kappa shape index (κ2) is 5.58. The van der Waals surface area contributed by atoms with Crippen molar-refractivity contribution >= 4 is 25.6 Å². The van der Waals surface area contributed by atoms with Crippen LogP contribution in [-0.2, 0) is 13.8 Å². The number of amides is 1. The minimum atomic E-state index is -3.89. The summed E-state index contributed by atoms with van der Waals surface area (Å²) in [6.45, 7) is 3.32. The maximum atomic E-state index is 11.4. The van der Waals surface area contributed by atoms with E-state index in [0.29, 0.717) is 0 Å². The molecule has 0 fully saturated rings. The van der Waals surface area contributed by atoms with Crippen LogP contribution in [0.1, 0.15) is 12.5 Å². The maximum Gasteiger partial charge on any atom is 0.264 e. The summed E-state index contributed by atoms with van der Waals surface area (Å²) in [6, 6.07) is 4.60. The van der Waals surface area contributed by atoms with Crippen LogP contribution in [0.4, 0.5) is 0 Å². The van der Waals surface area contributed by atoms with Crippen LogP contribution in [0, 0.1) is 12.8 Å². The first-order valence-corrected chi connectivity index (χ1v) is 7.50. The lowest BCUT2D eigenvalue weighted by Crippen LogP contribution is -2.26. The average molecular weight is 292 g/mol. The molecule has 0 radical (unpaired) electrons. The molecule has 1 aromatic carbocycles. The maximum absolute atomic E-state index is 11.4. The standard InChI is InChI=1S/C11H14ClNO4S/c1-7-3-4-9(10(5-7)18(12,15)16)17-6-8(2)11(13)14/h3-5,8H,6H2,1-2H3,(H2,13,14). The molecule has 5 nitrogen and oxygen atoms in total. The molecule has 0 aliphatic carbocycles. The highest BCUT2D eigenvalue weighted by molar-refractivity contribution is 8.13. The number of hydrogen-bond donors (Lipinski definition) is 1. The highest BCUT2D eigenvalue weighted by Crippen LogP contribution is 2.28. The zero-order valence-electron chi connectivity index (χ0n) is 10.0. The summed E-state index contributed by atoms with van der Waals surface area (Å²) in [5.41, 5.74) is 5.83. The van der Waals surface area contributed by atoms with Crippen LogP contribution in [0.25, 0.3) is 0 Å². The molecule has 0 bridgehead atoms. The summed E-state index contributed by atoms with van der Waals surface area (Å²) >= 11 is 0. The van der Waals surface area contributed by atoms with Gasteiger partial charge in [-0.05, 0) is 24.6 Å². The Morgan fingerprint density at radius 1 is 1.50 bits per heavy atom. The molecule has 2 N–H and O–H groups in total. The highest BCUT2D eigenvalue weighted by Gasteiger charge is 2.18. The Hall–Kier alpha value is -1.27. The lowest BCUT2D eigenvalue weighted by molar-refractivity contribution is -0.122. The molecule has 0 saturated heterocycles. The number of carbonyl (C=O) groups excluding carboxylic acids is 1. The van der Waals surface area contributed by atoms with Gasteiger partial charge in [0.05, 0.1) is 12.5 Å². The van der Waals surface area contributed by atoms with Crippen LogP contribution in [0.2, 0.25) is 0 Å². The van der Waals surface area contributed by atoms with Gasteiger partial charge in [0.25, 0.3) is 9.05 Å². The zero-order valence-corrected chi connectivity index (χ0v) is 11.6. The molecule has 0 aromatic heterocycles. The van der Waals surface area contributed by atoms with Gasteiger partial charge in [-0.1, -0.05) is 13.0 Å². The van der Waals surface area contributed by atoms with Crippen molar-refractivity contribution in [3.63, 3.8) is 0 Å². The van der Waals surface area contributed by atoms with Crippen molar-refractivity contribution in [2.75, 3.05) is 6.61 Å². The molecule has 1 rings (SSSR count). The Labute approximate surface area is 110 Å². The summed E-state index contributed by atoms with van der Waals surface area (Å²) in [5, 5.41) is 0. The summed E-state index contributed by atoms with van der Waals surface area (Å²) in [4.78, 5) is 10.7. The minimum Gasteiger partial charge on any atom is -0.491 e. The van der Waals surface area contributed by atoms with Crippen molar-refractivity contribution in [1.29, 1.82) is 0 Å². The normalized spacial score (nSPS) is 13.1. The predicted molar refractivity (Wildman–Crippen MR) is 68.1 cm³/mol. The Bertz CT molecular complexity index is 556. The fourth-order valence-electron chi connectivity index (χ4n) is 1.22. The van der Waals surface area contributed by atoms with Gasteiger partial charge in [-0.2, -0.15) is 0 Å². The van der Waals surface area contributed by atoms with Crippen LogP contribution in [0.3, 0.4) is 0 Å². The van der Waals surface area contributed by atoms with Gasteiger partial charge in [0, 0.05) is 10.7 Å². The Morgan fingerprint density at radius 2 is 2.11 bits per heavy atom. The van der Waals surface area contributed by atoms with Crippen molar-refractivity contribution in [3.8, 4) is 5.75 Å². The SMILES string of the molecule is Cc1ccc(OCC(C)C(N)=O)c(S(=O)(=O)Cl)c1. The van der Waals surface area contributed by atoms with Gasteiger partial charge in [0.2, 0.25) is 5.91 Å². The van der Waals surface area contributed by atoms with Crippen molar-refractivity contribution < 1.29 is 17.9 Å². The number of carbonyl (C=O) groups is 1. The van der Waals surface area contributed by atoms with E-state index >= 15 is 0 Å². The molecule has 100 valence electrons. The van der Waals surface area contributed by atoms with Crippen molar-refractivity contribution in [2.24, 2.45) is 11.7 Å². The van der Waals surface area contributed by atoms with E-state index in [4.69, 9.17) is 21.2 Å². The Kier molecular flexibility index (Phi) is 4.59. The smallest absolute Gasteiger partial charge is 0.264 e. The minimum absolute atomic E-state index is 0.00218. The predicted octanol–water partition coefficient (Wildman–Crippen LogP) is 1.42. The number of primary amides is 1. The van der Waals surface area contributed by atoms with Crippen LogP contribution < -0.4 is 10.5 Å². The molecule has 0 aliphatic heterocycles. The Balaban J connectivity index is 3.00. The highest BCUT2D eigenvalue weighted by atomic mass is 35.7. The molecule has 7 heteroatoms. The number of halogens is 1. The van der Waals surface area contributed by atoms with Gasteiger partial charge in [0.1, 0.15) is 10.6 Å². The van der Waals surface area contributed by atoms with E-state index in [9.17, 15) is 13.2 Å². The lowest BCUT2D eigenvalue weighted by Gasteiger charge is -2.12. The monoisotopic (exact) mass is 291 g/mol. The number of rotatable bonds is 5.